The highest BCUT2D eigenvalue weighted by molar-refractivity contribution is 7.89. The van der Waals surface area contributed by atoms with Crippen molar-refractivity contribution in [1.29, 1.82) is 0 Å². The molecule has 3 aliphatic rings. The molecule has 52 heavy (non-hydrogen) atoms. The van der Waals surface area contributed by atoms with Crippen molar-refractivity contribution in [3.8, 4) is 11.8 Å². The molecule has 1 saturated heterocycles. The minimum absolute atomic E-state index is 0.0143. The molecule has 1 N–H and O–H groups in total. The van der Waals surface area contributed by atoms with Crippen molar-refractivity contribution in [3.63, 3.8) is 0 Å². The molecule has 0 amide bonds. The van der Waals surface area contributed by atoms with E-state index in [1.54, 1.807) is 45.0 Å². The summed E-state index contributed by atoms with van der Waals surface area (Å²) in [4.78, 5) is 19.5. The van der Waals surface area contributed by atoms with Crippen LogP contribution in [0.15, 0.2) is 47.5 Å². The molecule has 3 aromatic heterocycles. The van der Waals surface area contributed by atoms with Gasteiger partial charge in [-0.2, -0.15) is 22.5 Å². The van der Waals surface area contributed by atoms with Gasteiger partial charge in [-0.15, -0.1) is 10.2 Å². The topological polar surface area (TPSA) is 139 Å². The fourth-order valence-electron chi connectivity index (χ4n) is 7.31. The number of carboxylic acids is 1. The number of nitrogens with zero attached hydrogens (tertiary/aromatic N) is 6. The lowest BCUT2D eigenvalue weighted by atomic mass is 9.70. The summed E-state index contributed by atoms with van der Waals surface area (Å²) in [6, 6.07) is 9.85. The van der Waals surface area contributed by atoms with E-state index in [9.17, 15) is 31.5 Å². The summed E-state index contributed by atoms with van der Waals surface area (Å²) in [6.07, 6.45) is 0.0938. The lowest BCUT2D eigenvalue weighted by molar-refractivity contribution is -0.147. The quantitative estimate of drug-likeness (QED) is 0.219. The number of fused-ring (bicyclic) bond motifs is 2. The number of hydrogen-bond donors (Lipinski definition) is 1. The molecule has 0 radical (unpaired) electrons. The van der Waals surface area contributed by atoms with Gasteiger partial charge in [-0.1, -0.05) is 18.2 Å². The van der Waals surface area contributed by atoms with E-state index in [0.29, 0.717) is 47.6 Å². The zero-order chi connectivity index (χ0) is 37.2. The molecular weight excluding hydrogens is 701 g/mol. The molecule has 278 valence electrons. The number of halogens is 3. The molecular formula is C36H41F3N6O6S. The molecule has 1 aliphatic carbocycles. The summed E-state index contributed by atoms with van der Waals surface area (Å²) >= 11 is 0. The number of rotatable bonds is 10. The lowest BCUT2D eigenvalue weighted by Gasteiger charge is -2.33. The molecule has 0 bridgehead atoms. The van der Waals surface area contributed by atoms with Crippen LogP contribution in [0.5, 0.6) is 11.8 Å². The Bertz CT molecular complexity index is 2140. The van der Waals surface area contributed by atoms with E-state index >= 15 is 0 Å². The zero-order valence-corrected chi connectivity index (χ0v) is 30.2. The minimum atomic E-state index is -4.74. The number of aliphatic carboxylic acids is 1. The van der Waals surface area contributed by atoms with Crippen LogP contribution in [0.25, 0.3) is 5.65 Å². The molecule has 12 nitrogen and oxygen atoms in total. The first-order valence-corrected chi connectivity index (χ1v) is 18.7. The van der Waals surface area contributed by atoms with Crippen LogP contribution in [-0.4, -0.2) is 86.7 Å². The SMILES string of the molecule is Cc1ccc(C(c2ccn3c(C(F)(F)F)nnc3c2C)C(C)(C)C(=O)O)cc1CN1CC2(CC2)Oc2nc(OCCN3CCCC3)ccc2S1(=O)=O. The van der Waals surface area contributed by atoms with Crippen molar-refractivity contribution >= 4 is 21.6 Å². The number of benzene rings is 1. The largest absolute Gasteiger partial charge is 0.481 e. The van der Waals surface area contributed by atoms with Crippen LogP contribution in [0.3, 0.4) is 0 Å². The van der Waals surface area contributed by atoms with Gasteiger partial charge in [-0.05, 0) is 106 Å². The molecule has 1 aromatic carbocycles. The van der Waals surface area contributed by atoms with E-state index in [1.807, 2.05) is 6.92 Å². The van der Waals surface area contributed by atoms with E-state index in [-0.39, 0.29) is 29.5 Å². The number of aromatic nitrogens is 4. The van der Waals surface area contributed by atoms with Crippen LogP contribution in [0, 0.1) is 19.3 Å². The van der Waals surface area contributed by atoms with Gasteiger partial charge >= 0.3 is 12.1 Å². The molecule has 5 heterocycles. The first-order chi connectivity index (χ1) is 24.5. The molecule has 1 saturated carbocycles. The highest BCUT2D eigenvalue weighted by atomic mass is 32.2. The maximum absolute atomic E-state index is 14.3. The predicted octanol–water partition coefficient (Wildman–Crippen LogP) is 5.59. The second-order valence-corrected chi connectivity index (χ2v) is 16.6. The van der Waals surface area contributed by atoms with Gasteiger partial charge < -0.3 is 14.6 Å². The Morgan fingerprint density at radius 2 is 1.81 bits per heavy atom. The molecule has 7 rings (SSSR count). The Kier molecular flexibility index (Phi) is 9.01. The average molecular weight is 743 g/mol. The maximum atomic E-state index is 14.3. The summed E-state index contributed by atoms with van der Waals surface area (Å²) in [5.74, 6) is -2.85. The Morgan fingerprint density at radius 1 is 1.08 bits per heavy atom. The van der Waals surface area contributed by atoms with Crippen LogP contribution >= 0.6 is 0 Å². The van der Waals surface area contributed by atoms with E-state index in [4.69, 9.17) is 9.47 Å². The Morgan fingerprint density at radius 3 is 2.48 bits per heavy atom. The summed E-state index contributed by atoms with van der Waals surface area (Å²) < 4.78 is 83.9. The van der Waals surface area contributed by atoms with E-state index in [0.717, 1.165) is 29.6 Å². The number of aryl methyl sites for hydroxylation is 2. The van der Waals surface area contributed by atoms with Crippen LogP contribution in [0.4, 0.5) is 13.2 Å². The summed E-state index contributed by atoms with van der Waals surface area (Å²) in [7, 11) is -4.11. The van der Waals surface area contributed by atoms with Gasteiger partial charge in [0.2, 0.25) is 27.6 Å². The van der Waals surface area contributed by atoms with Gasteiger partial charge in [-0.3, -0.25) is 14.1 Å². The number of carbonyl (C=O) groups is 1. The van der Waals surface area contributed by atoms with E-state index in [2.05, 4.69) is 20.1 Å². The highest BCUT2D eigenvalue weighted by Gasteiger charge is 2.53. The Labute approximate surface area is 299 Å². The third kappa shape index (κ3) is 6.60. The van der Waals surface area contributed by atoms with Crippen LogP contribution in [0.2, 0.25) is 0 Å². The van der Waals surface area contributed by atoms with Crippen LogP contribution in [0.1, 0.15) is 79.1 Å². The first kappa shape index (κ1) is 36.1. The van der Waals surface area contributed by atoms with Crippen molar-refractivity contribution in [3.05, 3.63) is 76.2 Å². The number of alkyl halides is 3. The molecule has 1 unspecified atom stereocenters. The fraction of sp³-hybridized carbons (Fsp3) is 0.500. The second-order valence-electron chi connectivity index (χ2n) is 14.7. The van der Waals surface area contributed by atoms with Crippen molar-refractivity contribution in [2.45, 2.75) is 82.5 Å². The number of ether oxygens (including phenoxy) is 2. The van der Waals surface area contributed by atoms with Gasteiger partial charge in [0.05, 0.1) is 12.0 Å². The van der Waals surface area contributed by atoms with Gasteiger partial charge in [0.1, 0.15) is 17.1 Å². The summed E-state index contributed by atoms with van der Waals surface area (Å²) in [5, 5.41) is 17.6. The average Bonchev–Trinajstić information content (AvgIpc) is 3.42. The molecule has 1 atom stereocenters. The number of hydrogen-bond acceptors (Lipinski definition) is 9. The second kappa shape index (κ2) is 13.0. The molecule has 16 heteroatoms. The maximum Gasteiger partial charge on any atom is 0.452 e. The number of carboxylic acid groups (broad SMARTS) is 1. The van der Waals surface area contributed by atoms with Crippen molar-refractivity contribution < 1.29 is 41.0 Å². The van der Waals surface area contributed by atoms with E-state index in [1.165, 1.54) is 35.5 Å². The van der Waals surface area contributed by atoms with Gasteiger partial charge in [0.15, 0.2) is 5.65 Å². The normalized spacial score (nSPS) is 19.3. The third-order valence-corrected chi connectivity index (χ3v) is 12.4. The highest BCUT2D eigenvalue weighted by Crippen LogP contribution is 2.47. The summed E-state index contributed by atoms with van der Waals surface area (Å²) in [5.41, 5.74) is 0.558. The number of sulfonamides is 1. The number of pyridine rings is 2. The van der Waals surface area contributed by atoms with Crippen LogP contribution < -0.4 is 9.47 Å². The first-order valence-electron chi connectivity index (χ1n) is 17.3. The molecule has 4 aromatic rings. The lowest BCUT2D eigenvalue weighted by Crippen LogP contribution is -2.38. The number of likely N-dealkylation sites (tertiary alicyclic amines) is 1. The van der Waals surface area contributed by atoms with Gasteiger partial charge in [-0.25, -0.2) is 8.42 Å². The van der Waals surface area contributed by atoms with Crippen LogP contribution in [-0.2, 0) is 27.5 Å². The van der Waals surface area contributed by atoms with Gasteiger partial charge in [0, 0.05) is 31.3 Å². The third-order valence-electron chi connectivity index (χ3n) is 10.6. The molecule has 2 fully saturated rings. The smallest absolute Gasteiger partial charge is 0.452 e. The van der Waals surface area contributed by atoms with Crippen molar-refractivity contribution in [2.75, 3.05) is 32.8 Å². The monoisotopic (exact) mass is 742 g/mol. The minimum Gasteiger partial charge on any atom is -0.481 e. The fourth-order valence-corrected chi connectivity index (χ4v) is 8.85. The molecule has 2 aliphatic heterocycles. The van der Waals surface area contributed by atoms with Crippen molar-refractivity contribution in [1.82, 2.24) is 28.8 Å². The zero-order valence-electron chi connectivity index (χ0n) is 29.4. The van der Waals surface area contributed by atoms with Gasteiger partial charge in [0.25, 0.3) is 0 Å². The summed E-state index contributed by atoms with van der Waals surface area (Å²) in [6.45, 7) is 9.85. The van der Waals surface area contributed by atoms with E-state index < -0.39 is 44.9 Å². The standard InChI is InChI=1S/C36H41F3N6O6S/c1-22-7-8-24(29(34(3,4)33(46)47)26-11-16-45-30(23(26)2)41-42-32(45)36(37,38)39)19-25(22)20-44-21-35(12-13-35)51-31-27(52(44,48)49)9-10-28(40-31)50-18-17-43-14-5-6-15-43/h7-11,16,19,29H,5-6,12-15,17-18,20-21H2,1-4H3,(H,46,47). The molecule has 1 spiro atoms. The Hall–Kier alpha value is -4.28. The predicted molar refractivity (Wildman–Crippen MR) is 183 cm³/mol. The van der Waals surface area contributed by atoms with Crippen molar-refractivity contribution in [2.24, 2.45) is 5.41 Å². The Balaban J connectivity index is 1.22.